The van der Waals surface area contributed by atoms with Gasteiger partial charge in [-0.15, -0.1) is 0 Å². The third kappa shape index (κ3) is 4.68. The number of pyridine rings is 2. The molecule has 0 aliphatic rings. The maximum Gasteiger partial charge on any atom is 0.213 e. The summed E-state index contributed by atoms with van der Waals surface area (Å²) in [5.74, 6) is 1.34. The minimum Gasteiger partial charge on any atom is -0.478 e. The standard InChI is InChI=1S/C22H24N4O2/c1-2-3-4-5-6-11-28-20-10-9-16(15-25-20)18-13-17(14-23)22(24)26-21(18)19-8-7-12-27-19/h7-10,12-13,15H,2-6,11H2,1H3,(H2,24,26). The zero-order valence-electron chi connectivity index (χ0n) is 16.0. The Morgan fingerprint density at radius 1 is 1.18 bits per heavy atom. The van der Waals surface area contributed by atoms with E-state index in [-0.39, 0.29) is 5.82 Å². The van der Waals surface area contributed by atoms with E-state index in [2.05, 4.69) is 23.0 Å². The molecule has 28 heavy (non-hydrogen) atoms. The number of rotatable bonds is 9. The summed E-state index contributed by atoms with van der Waals surface area (Å²) >= 11 is 0. The number of nitrogens with zero attached hydrogens (tertiary/aromatic N) is 3. The lowest BCUT2D eigenvalue weighted by Crippen LogP contribution is -2.00. The molecule has 6 nitrogen and oxygen atoms in total. The van der Waals surface area contributed by atoms with Crippen LogP contribution in [0.2, 0.25) is 0 Å². The maximum absolute atomic E-state index is 9.30. The highest BCUT2D eigenvalue weighted by Crippen LogP contribution is 2.33. The van der Waals surface area contributed by atoms with E-state index in [0.717, 1.165) is 17.5 Å². The van der Waals surface area contributed by atoms with Crippen LogP contribution in [0.4, 0.5) is 5.82 Å². The highest BCUT2D eigenvalue weighted by molar-refractivity contribution is 5.81. The first kappa shape index (κ1) is 19.4. The molecule has 144 valence electrons. The second-order valence-corrected chi connectivity index (χ2v) is 6.55. The second-order valence-electron chi connectivity index (χ2n) is 6.55. The van der Waals surface area contributed by atoms with Gasteiger partial charge in [-0.05, 0) is 30.7 Å². The van der Waals surface area contributed by atoms with Crippen LogP contribution in [0.1, 0.15) is 44.6 Å². The number of anilines is 1. The van der Waals surface area contributed by atoms with Crippen LogP contribution < -0.4 is 10.5 Å². The lowest BCUT2D eigenvalue weighted by molar-refractivity contribution is 0.293. The summed E-state index contributed by atoms with van der Waals surface area (Å²) in [6.45, 7) is 2.87. The highest BCUT2D eigenvalue weighted by Gasteiger charge is 2.16. The molecule has 0 aliphatic heterocycles. The molecular weight excluding hydrogens is 352 g/mol. The van der Waals surface area contributed by atoms with E-state index in [4.69, 9.17) is 14.9 Å². The quantitative estimate of drug-likeness (QED) is 0.515. The van der Waals surface area contributed by atoms with Crippen molar-refractivity contribution in [2.75, 3.05) is 12.3 Å². The van der Waals surface area contributed by atoms with Gasteiger partial charge in [0.25, 0.3) is 0 Å². The van der Waals surface area contributed by atoms with Gasteiger partial charge in [0.1, 0.15) is 17.6 Å². The Morgan fingerprint density at radius 2 is 2.04 bits per heavy atom. The van der Waals surface area contributed by atoms with Crippen LogP contribution in [0.3, 0.4) is 0 Å². The molecule has 0 aliphatic carbocycles. The first-order chi connectivity index (χ1) is 13.7. The van der Waals surface area contributed by atoms with Crippen LogP contribution in [-0.4, -0.2) is 16.6 Å². The first-order valence-electron chi connectivity index (χ1n) is 9.56. The summed E-state index contributed by atoms with van der Waals surface area (Å²) in [6.07, 6.45) is 9.24. The van der Waals surface area contributed by atoms with Crippen LogP contribution >= 0.6 is 0 Å². The fraction of sp³-hybridized carbons (Fsp3) is 0.318. The van der Waals surface area contributed by atoms with Gasteiger partial charge in [0.2, 0.25) is 5.88 Å². The van der Waals surface area contributed by atoms with Gasteiger partial charge in [-0.1, -0.05) is 32.6 Å². The van der Waals surface area contributed by atoms with E-state index in [1.807, 2.05) is 12.1 Å². The predicted molar refractivity (Wildman–Crippen MR) is 109 cm³/mol. The van der Waals surface area contributed by atoms with Gasteiger partial charge in [0, 0.05) is 23.4 Å². The molecule has 0 saturated carbocycles. The van der Waals surface area contributed by atoms with E-state index in [1.54, 1.807) is 30.7 Å². The molecule has 0 bridgehead atoms. The van der Waals surface area contributed by atoms with Crippen molar-refractivity contribution in [2.45, 2.75) is 39.0 Å². The third-order valence-electron chi connectivity index (χ3n) is 4.47. The second kappa shape index (κ2) is 9.56. The lowest BCUT2D eigenvalue weighted by atomic mass is 10.0. The topological polar surface area (TPSA) is 98.0 Å². The molecule has 3 aromatic rings. The van der Waals surface area contributed by atoms with Gasteiger partial charge >= 0.3 is 0 Å². The molecule has 0 unspecified atom stereocenters. The molecule has 3 aromatic heterocycles. The van der Waals surface area contributed by atoms with Gasteiger partial charge in [-0.2, -0.15) is 5.26 Å². The van der Waals surface area contributed by atoms with E-state index >= 15 is 0 Å². The number of nitrogen functional groups attached to an aromatic ring is 1. The van der Waals surface area contributed by atoms with Gasteiger partial charge in [-0.3, -0.25) is 0 Å². The van der Waals surface area contributed by atoms with Crippen LogP contribution in [0, 0.1) is 11.3 Å². The first-order valence-corrected chi connectivity index (χ1v) is 9.56. The van der Waals surface area contributed by atoms with Crippen molar-refractivity contribution in [3.63, 3.8) is 0 Å². The molecule has 0 amide bonds. The SMILES string of the molecule is CCCCCCCOc1ccc(-c2cc(C#N)c(N)nc2-c2ccco2)cn1. The van der Waals surface area contributed by atoms with E-state index in [9.17, 15) is 5.26 Å². The molecular formula is C22H24N4O2. The number of unbranched alkanes of at least 4 members (excludes halogenated alkanes) is 4. The molecule has 3 rings (SSSR count). The number of ether oxygens (including phenoxy) is 1. The van der Waals surface area contributed by atoms with Gasteiger partial charge in [-0.25, -0.2) is 9.97 Å². The summed E-state index contributed by atoms with van der Waals surface area (Å²) in [7, 11) is 0. The average Bonchev–Trinajstić information content (AvgIpc) is 3.26. The average molecular weight is 376 g/mol. The lowest BCUT2D eigenvalue weighted by Gasteiger charge is -2.10. The van der Waals surface area contributed by atoms with Crippen molar-refractivity contribution in [2.24, 2.45) is 0 Å². The Morgan fingerprint density at radius 3 is 2.71 bits per heavy atom. The number of nitrogens with two attached hydrogens (primary N) is 1. The van der Waals surface area contributed by atoms with E-state index in [1.165, 1.54) is 25.7 Å². The number of hydrogen-bond donors (Lipinski definition) is 1. The summed E-state index contributed by atoms with van der Waals surface area (Å²) in [6, 6.07) is 11.1. The Hall–Kier alpha value is -3.33. The summed E-state index contributed by atoms with van der Waals surface area (Å²) in [4.78, 5) is 8.77. The van der Waals surface area contributed by atoms with Crippen molar-refractivity contribution in [3.8, 4) is 34.5 Å². The molecule has 2 N–H and O–H groups in total. The van der Waals surface area contributed by atoms with Crippen molar-refractivity contribution < 1.29 is 9.15 Å². The van der Waals surface area contributed by atoms with E-state index in [0.29, 0.717) is 29.5 Å². The van der Waals surface area contributed by atoms with Crippen LogP contribution in [-0.2, 0) is 0 Å². The van der Waals surface area contributed by atoms with Crippen LogP contribution in [0.5, 0.6) is 5.88 Å². The fourth-order valence-electron chi connectivity index (χ4n) is 2.95. The van der Waals surface area contributed by atoms with Crippen LogP contribution in [0.25, 0.3) is 22.6 Å². The number of aromatic nitrogens is 2. The molecule has 3 heterocycles. The molecule has 0 atom stereocenters. The summed E-state index contributed by atoms with van der Waals surface area (Å²) < 4.78 is 11.2. The van der Waals surface area contributed by atoms with Crippen LogP contribution in [0.15, 0.2) is 47.2 Å². The van der Waals surface area contributed by atoms with Gasteiger partial charge < -0.3 is 14.9 Å². The Bertz CT molecular complexity index is 928. The minimum absolute atomic E-state index is 0.175. The molecule has 0 fully saturated rings. The van der Waals surface area contributed by atoms with Crippen molar-refractivity contribution in [3.05, 3.63) is 48.4 Å². The molecule has 0 spiro atoms. The number of nitriles is 1. The zero-order chi connectivity index (χ0) is 19.8. The normalized spacial score (nSPS) is 10.6. The maximum atomic E-state index is 9.30. The monoisotopic (exact) mass is 376 g/mol. The Labute approximate surface area is 165 Å². The fourth-order valence-corrected chi connectivity index (χ4v) is 2.95. The highest BCUT2D eigenvalue weighted by atomic mass is 16.5. The van der Waals surface area contributed by atoms with Crippen molar-refractivity contribution in [1.29, 1.82) is 5.26 Å². The predicted octanol–water partition coefficient (Wildman–Crippen LogP) is 5.21. The molecule has 0 saturated heterocycles. The van der Waals surface area contributed by atoms with Gasteiger partial charge in [0.15, 0.2) is 5.76 Å². The molecule has 0 aromatic carbocycles. The van der Waals surface area contributed by atoms with Crippen molar-refractivity contribution >= 4 is 5.82 Å². The number of hydrogen-bond acceptors (Lipinski definition) is 6. The van der Waals surface area contributed by atoms with Gasteiger partial charge in [0.05, 0.1) is 18.4 Å². The Kier molecular flexibility index (Phi) is 6.64. The molecule has 6 heteroatoms. The smallest absolute Gasteiger partial charge is 0.213 e. The Balaban J connectivity index is 1.77. The van der Waals surface area contributed by atoms with Crippen molar-refractivity contribution in [1.82, 2.24) is 9.97 Å². The largest absolute Gasteiger partial charge is 0.478 e. The minimum atomic E-state index is 0.175. The zero-order valence-corrected chi connectivity index (χ0v) is 16.0. The summed E-state index contributed by atoms with van der Waals surface area (Å²) in [5.41, 5.74) is 8.34. The molecule has 0 radical (unpaired) electrons. The number of furan rings is 1. The summed E-state index contributed by atoms with van der Waals surface area (Å²) in [5, 5.41) is 9.30. The third-order valence-corrected chi connectivity index (χ3v) is 4.47. The van der Waals surface area contributed by atoms with E-state index < -0.39 is 0 Å².